The highest BCUT2D eigenvalue weighted by molar-refractivity contribution is 7.93. The molecule has 0 bridgehead atoms. The Balaban J connectivity index is 4.44. The van der Waals surface area contributed by atoms with Crippen LogP contribution < -0.4 is 10.5 Å². The van der Waals surface area contributed by atoms with E-state index >= 15 is 0 Å². The Hall–Kier alpha value is -0.200. The van der Waals surface area contributed by atoms with Crippen LogP contribution >= 0.6 is 12.2 Å². The fraction of sp³-hybridized carbons (Fsp3) is 0.917. The van der Waals surface area contributed by atoms with Crippen molar-refractivity contribution in [2.45, 2.75) is 58.1 Å². The molecule has 0 spiro atoms. The van der Waals surface area contributed by atoms with Crippen molar-refractivity contribution in [3.63, 3.8) is 0 Å². The van der Waals surface area contributed by atoms with Gasteiger partial charge in [-0.05, 0) is 18.8 Å². The molecule has 0 aromatic carbocycles. The van der Waals surface area contributed by atoms with E-state index in [9.17, 15) is 8.42 Å². The summed E-state index contributed by atoms with van der Waals surface area (Å²) < 4.78 is 26.7. The van der Waals surface area contributed by atoms with Crippen molar-refractivity contribution in [1.29, 1.82) is 0 Å². The molecule has 4 nitrogen and oxygen atoms in total. The van der Waals surface area contributed by atoms with Gasteiger partial charge in [-0.3, -0.25) is 0 Å². The summed E-state index contributed by atoms with van der Waals surface area (Å²) in [4.78, 5) is 0.0478. The molecule has 3 N–H and O–H groups in total. The number of hydrogen-bond acceptors (Lipinski definition) is 3. The fourth-order valence-electron chi connectivity index (χ4n) is 1.85. The Morgan fingerprint density at radius 2 is 1.89 bits per heavy atom. The number of rotatable bonds is 10. The lowest BCUT2D eigenvalue weighted by Gasteiger charge is -2.19. The first kappa shape index (κ1) is 17.8. The Morgan fingerprint density at radius 1 is 1.28 bits per heavy atom. The Morgan fingerprint density at radius 3 is 2.28 bits per heavy atom. The van der Waals surface area contributed by atoms with Crippen molar-refractivity contribution in [3.8, 4) is 0 Å². The topological polar surface area (TPSA) is 72.2 Å². The van der Waals surface area contributed by atoms with Gasteiger partial charge in [-0.2, -0.15) is 0 Å². The summed E-state index contributed by atoms with van der Waals surface area (Å²) in [5.41, 5.74) is 5.46. The van der Waals surface area contributed by atoms with Crippen molar-refractivity contribution in [1.82, 2.24) is 4.72 Å². The number of thiocarbonyl (C=S) groups is 1. The van der Waals surface area contributed by atoms with Gasteiger partial charge in [0.1, 0.15) is 5.25 Å². The lowest BCUT2D eigenvalue weighted by atomic mass is 10.00. The zero-order valence-electron chi connectivity index (χ0n) is 11.6. The average molecular weight is 294 g/mol. The molecule has 6 heteroatoms. The fourth-order valence-corrected chi connectivity index (χ4v) is 3.81. The van der Waals surface area contributed by atoms with E-state index in [0.29, 0.717) is 18.9 Å². The van der Waals surface area contributed by atoms with Crippen LogP contribution in [0.15, 0.2) is 0 Å². The highest BCUT2D eigenvalue weighted by Crippen LogP contribution is 2.13. The highest BCUT2D eigenvalue weighted by atomic mass is 32.2. The van der Waals surface area contributed by atoms with E-state index in [1.165, 1.54) is 0 Å². The van der Waals surface area contributed by atoms with E-state index in [1.54, 1.807) is 6.92 Å². The quantitative estimate of drug-likeness (QED) is 0.606. The first-order valence-corrected chi connectivity index (χ1v) is 8.62. The Kier molecular flexibility index (Phi) is 8.73. The molecule has 0 aliphatic rings. The van der Waals surface area contributed by atoms with E-state index in [1.807, 2.05) is 0 Å². The molecule has 0 heterocycles. The molecule has 0 saturated carbocycles. The van der Waals surface area contributed by atoms with E-state index in [4.69, 9.17) is 18.0 Å². The summed E-state index contributed by atoms with van der Waals surface area (Å²) >= 11 is 4.80. The van der Waals surface area contributed by atoms with Crippen LogP contribution in [-0.4, -0.2) is 25.2 Å². The Bertz CT molecular complexity index is 342. The molecule has 0 aliphatic heterocycles. The minimum Gasteiger partial charge on any atom is -0.392 e. The van der Waals surface area contributed by atoms with Gasteiger partial charge in [0.15, 0.2) is 0 Å². The van der Waals surface area contributed by atoms with Gasteiger partial charge >= 0.3 is 0 Å². The van der Waals surface area contributed by atoms with Crippen LogP contribution in [0.4, 0.5) is 0 Å². The third-order valence-corrected chi connectivity index (χ3v) is 5.52. The molecule has 0 saturated heterocycles. The number of nitrogens with one attached hydrogen (secondary N) is 1. The lowest BCUT2D eigenvalue weighted by Crippen LogP contribution is -2.43. The molecule has 108 valence electrons. The molecule has 0 rings (SSSR count). The number of unbranched alkanes of at least 4 members (excludes halogenated alkanes) is 1. The zero-order valence-corrected chi connectivity index (χ0v) is 13.2. The van der Waals surface area contributed by atoms with E-state index < -0.39 is 15.3 Å². The van der Waals surface area contributed by atoms with Gasteiger partial charge in [-0.25, -0.2) is 13.1 Å². The third kappa shape index (κ3) is 6.11. The summed E-state index contributed by atoms with van der Waals surface area (Å²) in [7, 11) is -3.42. The van der Waals surface area contributed by atoms with Gasteiger partial charge in [0.25, 0.3) is 0 Å². The van der Waals surface area contributed by atoms with Gasteiger partial charge in [0.05, 0.1) is 4.99 Å². The molecule has 0 aliphatic carbocycles. The lowest BCUT2D eigenvalue weighted by molar-refractivity contribution is 0.443. The number of sulfonamides is 1. The minimum absolute atomic E-state index is 0.0478. The molecule has 2 unspecified atom stereocenters. The summed E-state index contributed by atoms with van der Waals surface area (Å²) in [6.45, 7) is 6.48. The van der Waals surface area contributed by atoms with E-state index in [2.05, 4.69) is 18.6 Å². The van der Waals surface area contributed by atoms with Gasteiger partial charge in [-0.1, -0.05) is 52.3 Å². The molecular weight excluding hydrogens is 268 g/mol. The molecule has 0 aromatic rings. The predicted molar refractivity (Wildman–Crippen MR) is 81.1 cm³/mol. The summed E-state index contributed by atoms with van der Waals surface area (Å²) in [6, 6.07) is 0. The van der Waals surface area contributed by atoms with Crippen LogP contribution in [0.2, 0.25) is 0 Å². The standard InChI is InChI=1S/C12H26N2O2S2/c1-4-7-8-10(5-2)9-14-18(15,16)11(6-3)12(13)17/h10-11,14H,4-9H2,1-3H3,(H2,13,17). The smallest absolute Gasteiger partial charge is 0.221 e. The van der Waals surface area contributed by atoms with Crippen molar-refractivity contribution >= 4 is 27.2 Å². The zero-order chi connectivity index (χ0) is 14.2. The molecule has 2 atom stereocenters. The maximum Gasteiger partial charge on any atom is 0.221 e. The van der Waals surface area contributed by atoms with Crippen molar-refractivity contribution in [2.75, 3.05) is 6.54 Å². The van der Waals surface area contributed by atoms with Gasteiger partial charge in [0, 0.05) is 6.54 Å². The normalized spacial score (nSPS) is 15.3. The molecule has 0 aromatic heterocycles. The summed E-state index contributed by atoms with van der Waals surface area (Å²) in [5.74, 6) is 0.392. The third-order valence-electron chi connectivity index (χ3n) is 3.18. The van der Waals surface area contributed by atoms with Crippen LogP contribution in [0.25, 0.3) is 0 Å². The monoisotopic (exact) mass is 294 g/mol. The predicted octanol–water partition coefficient (Wildman–Crippen LogP) is 2.19. The summed E-state index contributed by atoms with van der Waals surface area (Å²) in [6.07, 6.45) is 4.71. The van der Waals surface area contributed by atoms with Gasteiger partial charge < -0.3 is 5.73 Å². The summed E-state index contributed by atoms with van der Waals surface area (Å²) in [5, 5.41) is -0.754. The molecule has 0 amide bonds. The van der Waals surface area contributed by atoms with Gasteiger partial charge in [0.2, 0.25) is 10.0 Å². The number of hydrogen-bond donors (Lipinski definition) is 2. The minimum atomic E-state index is -3.42. The van der Waals surface area contributed by atoms with Crippen LogP contribution in [-0.2, 0) is 10.0 Å². The van der Waals surface area contributed by atoms with Gasteiger partial charge in [-0.15, -0.1) is 0 Å². The maximum atomic E-state index is 12.0. The number of nitrogens with two attached hydrogens (primary N) is 1. The van der Waals surface area contributed by atoms with Crippen molar-refractivity contribution < 1.29 is 8.42 Å². The van der Waals surface area contributed by atoms with Crippen LogP contribution in [0, 0.1) is 5.92 Å². The second-order valence-electron chi connectivity index (χ2n) is 4.61. The average Bonchev–Trinajstić information content (AvgIpc) is 2.29. The van der Waals surface area contributed by atoms with E-state index in [-0.39, 0.29) is 4.99 Å². The Labute approximate surface area is 117 Å². The first-order valence-electron chi connectivity index (χ1n) is 6.66. The van der Waals surface area contributed by atoms with Crippen molar-refractivity contribution in [2.24, 2.45) is 11.7 Å². The van der Waals surface area contributed by atoms with Crippen LogP contribution in [0.5, 0.6) is 0 Å². The molecule has 0 radical (unpaired) electrons. The second kappa shape index (κ2) is 8.82. The SMILES string of the molecule is CCCCC(CC)CNS(=O)(=O)C(CC)C(N)=S. The largest absolute Gasteiger partial charge is 0.392 e. The molecule has 18 heavy (non-hydrogen) atoms. The van der Waals surface area contributed by atoms with Crippen molar-refractivity contribution in [3.05, 3.63) is 0 Å². The molecular formula is C12H26N2O2S2. The van der Waals surface area contributed by atoms with Crippen LogP contribution in [0.3, 0.4) is 0 Å². The second-order valence-corrected chi connectivity index (χ2v) is 7.03. The molecule has 0 fully saturated rings. The van der Waals surface area contributed by atoms with E-state index in [0.717, 1.165) is 25.7 Å². The van der Waals surface area contributed by atoms with Crippen LogP contribution in [0.1, 0.15) is 52.9 Å². The first-order chi connectivity index (χ1) is 8.38. The maximum absolute atomic E-state index is 12.0. The highest BCUT2D eigenvalue weighted by Gasteiger charge is 2.26.